The largest absolute Gasteiger partial charge is 0.323 e. The lowest BCUT2D eigenvalue weighted by Crippen LogP contribution is -2.18. The van der Waals surface area contributed by atoms with Crippen LogP contribution in [0.25, 0.3) is 28.5 Å². The Hall–Kier alpha value is -2.32. The Balaban J connectivity index is 1.73. The van der Waals surface area contributed by atoms with Crippen LogP contribution >= 0.6 is 35.0 Å². The van der Waals surface area contributed by atoms with Crippen molar-refractivity contribution < 1.29 is 9.59 Å². The van der Waals surface area contributed by atoms with Crippen molar-refractivity contribution in [2.45, 2.75) is 6.54 Å². The molecule has 0 unspecified atom stereocenters. The van der Waals surface area contributed by atoms with Gasteiger partial charge in [-0.1, -0.05) is 47.5 Å². The summed E-state index contributed by atoms with van der Waals surface area (Å²) in [5.41, 5.74) is 3.46. The number of carbonyl (C=O) groups excluding carboxylic acids is 2. The van der Waals surface area contributed by atoms with E-state index in [2.05, 4.69) is 14.8 Å². The summed E-state index contributed by atoms with van der Waals surface area (Å²) in [6, 6.07) is 11.3. The third-order valence-corrected chi connectivity index (χ3v) is 6.20. The number of aromatic nitrogens is 2. The van der Waals surface area contributed by atoms with E-state index in [1.165, 1.54) is 0 Å². The summed E-state index contributed by atoms with van der Waals surface area (Å²) in [7, 11) is 4.04. The molecule has 1 aliphatic rings. The number of benzene rings is 2. The minimum absolute atomic E-state index is 0.352. The number of rotatable bonds is 5. The van der Waals surface area contributed by atoms with Crippen molar-refractivity contribution in [3.8, 4) is 11.4 Å². The molecule has 0 aliphatic carbocycles. The lowest BCUT2D eigenvalue weighted by molar-refractivity contribution is -0.115. The van der Waals surface area contributed by atoms with Crippen molar-refractivity contribution >= 4 is 63.2 Å². The first-order chi connectivity index (χ1) is 14.3. The molecule has 0 atom stereocenters. The molecule has 0 radical (unpaired) electrons. The second-order valence-electron chi connectivity index (χ2n) is 7.12. The summed E-state index contributed by atoms with van der Waals surface area (Å²) in [5.74, 6) is 0.445. The molecule has 1 saturated heterocycles. The van der Waals surface area contributed by atoms with Crippen LogP contribution in [-0.4, -0.2) is 46.2 Å². The number of fused-ring (bicyclic) bond motifs is 1. The average Bonchev–Trinajstić information content (AvgIpc) is 3.20. The molecule has 30 heavy (non-hydrogen) atoms. The number of hydrogen-bond acceptors (Lipinski definition) is 5. The van der Waals surface area contributed by atoms with Crippen molar-refractivity contribution in [1.29, 1.82) is 0 Å². The topological polar surface area (TPSA) is 67.2 Å². The van der Waals surface area contributed by atoms with Crippen LogP contribution in [0.3, 0.4) is 0 Å². The SMILES string of the molecule is CN(C)CCn1c(-c2ccc(/C=C3/SC(=O)NC3=O)cc2)nc2cc(Cl)c(Cl)cc21. The van der Waals surface area contributed by atoms with E-state index in [-0.39, 0.29) is 11.1 Å². The van der Waals surface area contributed by atoms with Gasteiger partial charge in [-0.3, -0.25) is 14.9 Å². The molecular weight excluding hydrogens is 443 g/mol. The zero-order valence-electron chi connectivity index (χ0n) is 16.3. The van der Waals surface area contributed by atoms with E-state index < -0.39 is 0 Å². The number of nitrogens with one attached hydrogen (secondary N) is 1. The molecule has 3 aromatic rings. The number of halogens is 2. The number of carbonyl (C=O) groups is 2. The van der Waals surface area contributed by atoms with Crippen LogP contribution < -0.4 is 5.32 Å². The summed E-state index contributed by atoms with van der Waals surface area (Å²) in [6.45, 7) is 1.57. The van der Waals surface area contributed by atoms with Gasteiger partial charge in [0.1, 0.15) is 5.82 Å². The van der Waals surface area contributed by atoms with Gasteiger partial charge >= 0.3 is 0 Å². The van der Waals surface area contributed by atoms with E-state index in [1.807, 2.05) is 44.4 Å². The third kappa shape index (κ3) is 4.25. The van der Waals surface area contributed by atoms with Gasteiger partial charge in [-0.05, 0) is 49.6 Å². The highest BCUT2D eigenvalue weighted by Crippen LogP contribution is 2.32. The van der Waals surface area contributed by atoms with Gasteiger partial charge in [-0.15, -0.1) is 0 Å². The van der Waals surface area contributed by atoms with Gasteiger partial charge in [-0.2, -0.15) is 0 Å². The summed E-state index contributed by atoms with van der Waals surface area (Å²) in [5, 5.41) is 2.87. The summed E-state index contributed by atoms with van der Waals surface area (Å²) in [4.78, 5) is 30.4. The molecule has 0 bridgehead atoms. The molecule has 0 spiro atoms. The second kappa shape index (κ2) is 8.43. The first-order valence-electron chi connectivity index (χ1n) is 9.17. The Bertz CT molecular complexity index is 1190. The minimum atomic E-state index is -0.367. The molecule has 1 aliphatic heterocycles. The fourth-order valence-electron chi connectivity index (χ4n) is 3.17. The molecule has 6 nitrogen and oxygen atoms in total. The Morgan fingerprint density at radius 1 is 1.13 bits per heavy atom. The van der Waals surface area contributed by atoms with E-state index in [0.29, 0.717) is 15.0 Å². The molecule has 4 rings (SSSR count). The number of hydrogen-bond donors (Lipinski definition) is 1. The number of thioether (sulfide) groups is 1. The van der Waals surface area contributed by atoms with Crippen molar-refractivity contribution in [2.24, 2.45) is 0 Å². The molecule has 9 heteroatoms. The van der Waals surface area contributed by atoms with Crippen LogP contribution in [0.4, 0.5) is 4.79 Å². The first-order valence-corrected chi connectivity index (χ1v) is 10.7. The fraction of sp³-hybridized carbons (Fsp3) is 0.190. The molecule has 0 saturated carbocycles. The highest BCUT2D eigenvalue weighted by molar-refractivity contribution is 8.18. The standard InChI is InChI=1S/C21H18Cl2N4O2S/c1-26(2)7-8-27-17-11-15(23)14(22)10-16(17)24-19(27)13-5-3-12(4-6-13)9-18-20(28)25-21(29)30-18/h3-6,9-11H,7-8H2,1-2H3,(H,25,28,29)/b18-9+. The monoisotopic (exact) mass is 460 g/mol. The van der Waals surface area contributed by atoms with Crippen LogP contribution in [0.5, 0.6) is 0 Å². The van der Waals surface area contributed by atoms with Crippen LogP contribution in [0.15, 0.2) is 41.3 Å². The van der Waals surface area contributed by atoms with Crippen LogP contribution in [0, 0.1) is 0 Å². The molecule has 1 N–H and O–H groups in total. The molecule has 2 heterocycles. The van der Waals surface area contributed by atoms with Gasteiger partial charge in [0.05, 0.1) is 26.0 Å². The quantitative estimate of drug-likeness (QED) is 0.548. The number of nitrogens with zero attached hydrogens (tertiary/aromatic N) is 3. The highest BCUT2D eigenvalue weighted by Gasteiger charge is 2.25. The smallest absolute Gasteiger partial charge is 0.290 e. The van der Waals surface area contributed by atoms with E-state index in [1.54, 1.807) is 12.1 Å². The molecule has 1 aromatic heterocycles. The van der Waals surface area contributed by atoms with Crippen molar-refractivity contribution in [2.75, 3.05) is 20.6 Å². The molecule has 1 fully saturated rings. The van der Waals surface area contributed by atoms with Crippen molar-refractivity contribution in [3.63, 3.8) is 0 Å². The van der Waals surface area contributed by atoms with Crippen LogP contribution in [-0.2, 0) is 11.3 Å². The maximum atomic E-state index is 11.7. The number of likely N-dealkylation sites (N-methyl/N-ethyl adjacent to an activating group) is 1. The van der Waals surface area contributed by atoms with Gasteiger partial charge < -0.3 is 9.47 Å². The van der Waals surface area contributed by atoms with E-state index in [9.17, 15) is 9.59 Å². The third-order valence-electron chi connectivity index (χ3n) is 4.67. The predicted octanol–water partition coefficient (Wildman–Crippen LogP) is 4.90. The van der Waals surface area contributed by atoms with Gasteiger partial charge in [0.2, 0.25) is 0 Å². The minimum Gasteiger partial charge on any atom is -0.323 e. The number of imide groups is 1. The number of imidazole rings is 1. The number of amides is 2. The average molecular weight is 461 g/mol. The van der Waals surface area contributed by atoms with Crippen molar-refractivity contribution in [1.82, 2.24) is 19.8 Å². The normalized spacial score (nSPS) is 15.6. The molecular formula is C21H18Cl2N4O2S. The Morgan fingerprint density at radius 2 is 1.83 bits per heavy atom. The van der Waals surface area contributed by atoms with Gasteiger partial charge in [-0.25, -0.2) is 4.98 Å². The zero-order chi connectivity index (χ0) is 21.4. The summed E-state index contributed by atoms with van der Waals surface area (Å²) >= 11 is 13.3. The lowest BCUT2D eigenvalue weighted by Gasteiger charge is -2.14. The maximum Gasteiger partial charge on any atom is 0.290 e. The van der Waals surface area contributed by atoms with E-state index in [0.717, 1.165) is 52.8 Å². The van der Waals surface area contributed by atoms with Crippen LogP contribution in [0.2, 0.25) is 10.0 Å². The Labute approximate surface area is 187 Å². The fourth-order valence-corrected chi connectivity index (χ4v) is 4.17. The van der Waals surface area contributed by atoms with Crippen LogP contribution in [0.1, 0.15) is 5.56 Å². The maximum absolute atomic E-state index is 11.7. The lowest BCUT2D eigenvalue weighted by atomic mass is 10.1. The van der Waals surface area contributed by atoms with Gasteiger partial charge in [0, 0.05) is 18.7 Å². The van der Waals surface area contributed by atoms with Gasteiger partial charge in [0.15, 0.2) is 0 Å². The zero-order valence-corrected chi connectivity index (χ0v) is 18.6. The summed E-state index contributed by atoms with van der Waals surface area (Å²) < 4.78 is 2.13. The molecule has 154 valence electrons. The highest BCUT2D eigenvalue weighted by atomic mass is 35.5. The second-order valence-corrected chi connectivity index (χ2v) is 8.95. The predicted molar refractivity (Wildman–Crippen MR) is 123 cm³/mol. The Kier molecular flexibility index (Phi) is 5.88. The van der Waals surface area contributed by atoms with Crippen molar-refractivity contribution in [3.05, 3.63) is 56.9 Å². The first kappa shape index (κ1) is 20.9. The Morgan fingerprint density at radius 3 is 2.47 bits per heavy atom. The summed E-state index contributed by atoms with van der Waals surface area (Å²) in [6.07, 6.45) is 1.70. The van der Waals surface area contributed by atoms with E-state index in [4.69, 9.17) is 28.2 Å². The molecule has 2 aromatic carbocycles. The van der Waals surface area contributed by atoms with Gasteiger partial charge in [0.25, 0.3) is 11.1 Å². The molecule has 2 amide bonds. The van der Waals surface area contributed by atoms with E-state index >= 15 is 0 Å².